The number of esters is 1. The van der Waals surface area contributed by atoms with E-state index in [1.54, 1.807) is 6.92 Å². The Labute approximate surface area is 84.4 Å². The van der Waals surface area contributed by atoms with Gasteiger partial charge >= 0.3 is 5.97 Å². The highest BCUT2D eigenvalue weighted by Crippen LogP contribution is 1.99. The summed E-state index contributed by atoms with van der Waals surface area (Å²) in [5.41, 5.74) is 0.396. The maximum Gasteiger partial charge on any atom is 0.333 e. The quantitative estimate of drug-likeness (QED) is 0.355. The van der Waals surface area contributed by atoms with E-state index in [0.29, 0.717) is 31.4 Å². The minimum Gasteiger partial charge on any atom is -0.462 e. The van der Waals surface area contributed by atoms with E-state index >= 15 is 0 Å². The summed E-state index contributed by atoms with van der Waals surface area (Å²) in [4.78, 5) is 21.7. The minimum absolute atomic E-state index is 0.0243. The fourth-order valence-electron chi connectivity index (χ4n) is 0.791. The third-order valence-corrected chi connectivity index (χ3v) is 1.63. The van der Waals surface area contributed by atoms with Crippen LogP contribution in [0, 0.1) is 0 Å². The topological polar surface area (TPSA) is 43.4 Å². The lowest BCUT2D eigenvalue weighted by atomic mass is 10.2. The first kappa shape index (κ1) is 12.6. The van der Waals surface area contributed by atoms with E-state index in [9.17, 15) is 9.59 Å². The SMILES string of the molecule is C=CC(=O)CCCCOC(=O)C(=C)C. The van der Waals surface area contributed by atoms with Gasteiger partial charge in [0.15, 0.2) is 5.78 Å². The molecule has 14 heavy (non-hydrogen) atoms. The molecule has 0 atom stereocenters. The third kappa shape index (κ3) is 6.17. The molecule has 0 bridgehead atoms. The lowest BCUT2D eigenvalue weighted by Gasteiger charge is -2.02. The number of unbranched alkanes of at least 4 members (excludes halogenated alkanes) is 1. The van der Waals surface area contributed by atoms with E-state index in [-0.39, 0.29) is 11.8 Å². The van der Waals surface area contributed by atoms with Gasteiger partial charge in [0.1, 0.15) is 0 Å². The van der Waals surface area contributed by atoms with Crippen molar-refractivity contribution in [3.8, 4) is 0 Å². The molecule has 0 aliphatic rings. The summed E-state index contributed by atoms with van der Waals surface area (Å²) >= 11 is 0. The van der Waals surface area contributed by atoms with E-state index in [4.69, 9.17) is 4.74 Å². The molecule has 3 heteroatoms. The number of hydrogen-bond acceptors (Lipinski definition) is 3. The molecule has 0 saturated heterocycles. The molecule has 0 radical (unpaired) electrons. The molecule has 3 nitrogen and oxygen atoms in total. The number of carbonyl (C=O) groups is 2. The van der Waals surface area contributed by atoms with Crippen molar-refractivity contribution in [2.24, 2.45) is 0 Å². The van der Waals surface area contributed by atoms with E-state index in [2.05, 4.69) is 13.2 Å². The van der Waals surface area contributed by atoms with Crippen molar-refractivity contribution < 1.29 is 14.3 Å². The van der Waals surface area contributed by atoms with Crippen molar-refractivity contribution in [2.75, 3.05) is 6.61 Å². The fourth-order valence-corrected chi connectivity index (χ4v) is 0.791. The Balaban J connectivity index is 3.38. The largest absolute Gasteiger partial charge is 0.462 e. The van der Waals surface area contributed by atoms with Crippen LogP contribution < -0.4 is 0 Å². The molecule has 0 aromatic carbocycles. The Kier molecular flexibility index (Phi) is 6.37. The zero-order valence-electron chi connectivity index (χ0n) is 8.54. The van der Waals surface area contributed by atoms with Crippen LogP contribution in [0.25, 0.3) is 0 Å². The molecule has 0 fully saturated rings. The highest BCUT2D eigenvalue weighted by molar-refractivity contribution is 5.89. The number of rotatable bonds is 7. The summed E-state index contributed by atoms with van der Waals surface area (Å²) in [6.45, 7) is 8.76. The molecule has 0 aromatic rings. The van der Waals surface area contributed by atoms with Gasteiger partial charge in [-0.25, -0.2) is 4.79 Å². The van der Waals surface area contributed by atoms with Gasteiger partial charge in [-0.2, -0.15) is 0 Å². The van der Waals surface area contributed by atoms with Gasteiger partial charge in [0.2, 0.25) is 0 Å². The first-order chi connectivity index (χ1) is 6.57. The van der Waals surface area contributed by atoms with E-state index in [1.165, 1.54) is 6.08 Å². The van der Waals surface area contributed by atoms with Crippen molar-refractivity contribution >= 4 is 11.8 Å². The first-order valence-corrected chi connectivity index (χ1v) is 4.56. The lowest BCUT2D eigenvalue weighted by Crippen LogP contribution is -2.06. The Morgan fingerprint density at radius 1 is 1.36 bits per heavy atom. The Morgan fingerprint density at radius 2 is 2.00 bits per heavy atom. The molecule has 0 aliphatic heterocycles. The predicted molar refractivity (Wildman–Crippen MR) is 54.8 cm³/mol. The first-order valence-electron chi connectivity index (χ1n) is 4.56. The summed E-state index contributed by atoms with van der Waals surface area (Å²) in [6, 6.07) is 0. The van der Waals surface area contributed by atoms with Gasteiger partial charge in [-0.1, -0.05) is 13.2 Å². The second-order valence-corrected chi connectivity index (χ2v) is 3.04. The summed E-state index contributed by atoms with van der Waals surface area (Å²) in [6.07, 6.45) is 3.18. The van der Waals surface area contributed by atoms with Gasteiger partial charge in [0.05, 0.1) is 6.61 Å². The van der Waals surface area contributed by atoms with Gasteiger partial charge in [-0.3, -0.25) is 4.79 Å². The summed E-state index contributed by atoms with van der Waals surface area (Å²) in [5, 5.41) is 0. The van der Waals surface area contributed by atoms with Crippen molar-refractivity contribution in [3.63, 3.8) is 0 Å². The third-order valence-electron chi connectivity index (χ3n) is 1.63. The number of ketones is 1. The van der Waals surface area contributed by atoms with Crippen LogP contribution in [-0.2, 0) is 14.3 Å². The van der Waals surface area contributed by atoms with Gasteiger partial charge < -0.3 is 4.74 Å². The van der Waals surface area contributed by atoms with Gasteiger partial charge in [-0.05, 0) is 25.8 Å². The van der Waals surface area contributed by atoms with E-state index < -0.39 is 0 Å². The van der Waals surface area contributed by atoms with E-state index in [1.807, 2.05) is 0 Å². The lowest BCUT2D eigenvalue weighted by molar-refractivity contribution is -0.139. The summed E-state index contributed by atoms with van der Waals surface area (Å²) in [7, 11) is 0. The highest BCUT2D eigenvalue weighted by atomic mass is 16.5. The second kappa shape index (κ2) is 7.06. The molecule has 0 heterocycles. The summed E-state index contributed by atoms with van der Waals surface area (Å²) in [5.74, 6) is -0.351. The smallest absolute Gasteiger partial charge is 0.333 e. The molecule has 0 amide bonds. The molecule has 0 N–H and O–H groups in total. The van der Waals surface area contributed by atoms with Crippen LogP contribution in [0.4, 0.5) is 0 Å². The monoisotopic (exact) mass is 196 g/mol. The van der Waals surface area contributed by atoms with Crippen LogP contribution in [-0.4, -0.2) is 18.4 Å². The van der Waals surface area contributed by atoms with Gasteiger partial charge in [0, 0.05) is 12.0 Å². The minimum atomic E-state index is -0.375. The standard InChI is InChI=1S/C11H16O3/c1-4-10(12)7-5-6-8-14-11(13)9(2)3/h4H,1-2,5-8H2,3H3. The van der Waals surface area contributed by atoms with Crippen LogP contribution in [0.2, 0.25) is 0 Å². The van der Waals surface area contributed by atoms with Crippen LogP contribution in [0.3, 0.4) is 0 Å². The fraction of sp³-hybridized carbons (Fsp3) is 0.455. The normalized spacial score (nSPS) is 9.21. The van der Waals surface area contributed by atoms with Crippen molar-refractivity contribution in [2.45, 2.75) is 26.2 Å². The van der Waals surface area contributed by atoms with Crippen LogP contribution >= 0.6 is 0 Å². The molecule has 0 rings (SSSR count). The Morgan fingerprint density at radius 3 is 2.50 bits per heavy atom. The Hall–Kier alpha value is -1.38. The average Bonchev–Trinajstić information content (AvgIpc) is 2.16. The van der Waals surface area contributed by atoms with Crippen molar-refractivity contribution in [1.82, 2.24) is 0 Å². The maximum atomic E-state index is 10.9. The average molecular weight is 196 g/mol. The number of carbonyl (C=O) groups excluding carboxylic acids is 2. The molecular weight excluding hydrogens is 180 g/mol. The molecule has 0 aromatic heterocycles. The molecule has 0 saturated carbocycles. The molecule has 78 valence electrons. The molecule has 0 spiro atoms. The zero-order valence-corrected chi connectivity index (χ0v) is 8.54. The van der Waals surface area contributed by atoms with Crippen molar-refractivity contribution in [3.05, 3.63) is 24.8 Å². The number of ether oxygens (including phenoxy) is 1. The van der Waals surface area contributed by atoms with Gasteiger partial charge in [0.25, 0.3) is 0 Å². The molecule has 0 aliphatic carbocycles. The summed E-state index contributed by atoms with van der Waals surface area (Å²) < 4.78 is 4.84. The Bertz CT molecular complexity index is 241. The van der Waals surface area contributed by atoms with Crippen LogP contribution in [0.5, 0.6) is 0 Å². The zero-order chi connectivity index (χ0) is 11.0. The highest BCUT2D eigenvalue weighted by Gasteiger charge is 2.02. The predicted octanol–water partition coefficient (Wildman–Crippen LogP) is 2.03. The maximum absolute atomic E-state index is 10.9. The van der Waals surface area contributed by atoms with Crippen molar-refractivity contribution in [1.29, 1.82) is 0 Å². The van der Waals surface area contributed by atoms with Gasteiger partial charge in [-0.15, -0.1) is 0 Å². The van der Waals surface area contributed by atoms with Crippen LogP contribution in [0.1, 0.15) is 26.2 Å². The second-order valence-electron chi connectivity index (χ2n) is 3.04. The van der Waals surface area contributed by atoms with Crippen LogP contribution in [0.15, 0.2) is 24.8 Å². The molecule has 0 unspecified atom stereocenters. The number of allylic oxidation sites excluding steroid dienone is 1. The number of hydrogen-bond donors (Lipinski definition) is 0. The molecular formula is C11H16O3. The van der Waals surface area contributed by atoms with E-state index in [0.717, 1.165) is 0 Å².